The summed E-state index contributed by atoms with van der Waals surface area (Å²) in [6.07, 6.45) is 0.654. The molecule has 1 aromatic carbocycles. The van der Waals surface area contributed by atoms with Crippen LogP contribution in [0, 0.1) is 0 Å². The van der Waals surface area contributed by atoms with Crippen LogP contribution in [0.25, 0.3) is 0 Å². The summed E-state index contributed by atoms with van der Waals surface area (Å²) in [4.78, 5) is 0. The van der Waals surface area contributed by atoms with Crippen LogP contribution < -0.4 is 5.73 Å². The first kappa shape index (κ1) is 11.4. The Kier molecular flexibility index (Phi) is 2.67. The molecule has 0 bridgehead atoms. The lowest BCUT2D eigenvalue weighted by Gasteiger charge is -2.20. The van der Waals surface area contributed by atoms with E-state index in [-0.39, 0.29) is 11.5 Å². The van der Waals surface area contributed by atoms with E-state index in [0.717, 1.165) is 5.56 Å². The Labute approximate surface area is 95.0 Å². The van der Waals surface area contributed by atoms with Gasteiger partial charge in [-0.2, -0.15) is 0 Å². The molecule has 88 valence electrons. The molecule has 0 spiro atoms. The van der Waals surface area contributed by atoms with Gasteiger partial charge in [-0.05, 0) is 24.1 Å². The van der Waals surface area contributed by atoms with Crippen molar-refractivity contribution in [1.29, 1.82) is 0 Å². The maximum absolute atomic E-state index is 11.3. The van der Waals surface area contributed by atoms with Gasteiger partial charge in [0.2, 0.25) is 0 Å². The topological polar surface area (TPSA) is 80.4 Å². The van der Waals surface area contributed by atoms with Crippen LogP contribution in [0.2, 0.25) is 0 Å². The number of sulfone groups is 1. The molecule has 3 N–H and O–H groups in total. The molecule has 0 amide bonds. The van der Waals surface area contributed by atoms with Crippen LogP contribution in [-0.2, 0) is 16.3 Å². The fourth-order valence-electron chi connectivity index (χ4n) is 2.12. The summed E-state index contributed by atoms with van der Waals surface area (Å²) in [5.74, 6) is -0.0688. The number of aliphatic hydroxyl groups is 1. The van der Waals surface area contributed by atoms with E-state index in [0.29, 0.717) is 18.5 Å². The van der Waals surface area contributed by atoms with Crippen molar-refractivity contribution in [3.8, 4) is 0 Å². The summed E-state index contributed by atoms with van der Waals surface area (Å²) in [5.41, 5.74) is 6.01. The van der Waals surface area contributed by atoms with Crippen molar-refractivity contribution in [2.75, 3.05) is 17.2 Å². The number of benzene rings is 1. The highest BCUT2D eigenvalue weighted by Gasteiger charge is 2.40. The molecule has 1 saturated heterocycles. The average molecular weight is 241 g/mol. The quantitative estimate of drug-likeness (QED) is 0.733. The second-order valence-electron chi connectivity index (χ2n) is 4.49. The van der Waals surface area contributed by atoms with Gasteiger partial charge in [0, 0.05) is 12.1 Å². The van der Waals surface area contributed by atoms with Gasteiger partial charge in [0.25, 0.3) is 0 Å². The third-order valence-electron chi connectivity index (χ3n) is 2.85. The van der Waals surface area contributed by atoms with E-state index in [1.54, 1.807) is 18.2 Å². The molecule has 1 aromatic rings. The molecular formula is C11H15NO3S. The summed E-state index contributed by atoms with van der Waals surface area (Å²) in [7, 11) is -3.07. The fraction of sp³-hybridized carbons (Fsp3) is 0.455. The SMILES string of the molecule is Nc1cccc(CC2(O)CCS(=O)(=O)C2)c1. The maximum atomic E-state index is 11.3. The van der Waals surface area contributed by atoms with Gasteiger partial charge in [-0.3, -0.25) is 0 Å². The van der Waals surface area contributed by atoms with Gasteiger partial charge >= 0.3 is 0 Å². The van der Waals surface area contributed by atoms with Crippen molar-refractivity contribution >= 4 is 15.5 Å². The van der Waals surface area contributed by atoms with Crippen molar-refractivity contribution in [3.63, 3.8) is 0 Å². The highest BCUT2D eigenvalue weighted by Crippen LogP contribution is 2.27. The van der Waals surface area contributed by atoms with Crippen LogP contribution in [0.15, 0.2) is 24.3 Å². The second-order valence-corrected chi connectivity index (χ2v) is 6.67. The standard InChI is InChI=1S/C11H15NO3S/c12-10-3-1-2-9(6-10)7-11(13)4-5-16(14,15)8-11/h1-3,6,13H,4-5,7-8,12H2. The zero-order chi connectivity index (χ0) is 11.8. The number of nitrogens with two attached hydrogens (primary N) is 1. The molecule has 1 atom stereocenters. The number of hydrogen-bond acceptors (Lipinski definition) is 4. The van der Waals surface area contributed by atoms with E-state index in [1.807, 2.05) is 6.07 Å². The second kappa shape index (κ2) is 3.75. The van der Waals surface area contributed by atoms with E-state index in [2.05, 4.69) is 0 Å². The van der Waals surface area contributed by atoms with Crippen LogP contribution in [0.3, 0.4) is 0 Å². The van der Waals surface area contributed by atoms with Crippen LogP contribution in [0.4, 0.5) is 5.69 Å². The van der Waals surface area contributed by atoms with Crippen molar-refractivity contribution in [2.45, 2.75) is 18.4 Å². The third kappa shape index (κ3) is 2.54. The summed E-state index contributed by atoms with van der Waals surface area (Å²) in [5, 5.41) is 10.2. The highest BCUT2D eigenvalue weighted by atomic mass is 32.2. The molecule has 5 heteroatoms. The van der Waals surface area contributed by atoms with Crippen molar-refractivity contribution in [1.82, 2.24) is 0 Å². The highest BCUT2D eigenvalue weighted by molar-refractivity contribution is 7.91. The molecule has 0 saturated carbocycles. The summed E-state index contributed by atoms with van der Waals surface area (Å²) < 4.78 is 22.6. The number of anilines is 1. The lowest BCUT2D eigenvalue weighted by molar-refractivity contribution is 0.0682. The summed E-state index contributed by atoms with van der Waals surface area (Å²) >= 11 is 0. The minimum atomic E-state index is -3.07. The molecular weight excluding hydrogens is 226 g/mol. The molecule has 1 aliphatic heterocycles. The molecule has 2 rings (SSSR count). The minimum Gasteiger partial charge on any atom is -0.399 e. The lowest BCUT2D eigenvalue weighted by atomic mass is 9.94. The molecule has 16 heavy (non-hydrogen) atoms. The van der Waals surface area contributed by atoms with Crippen molar-refractivity contribution < 1.29 is 13.5 Å². The maximum Gasteiger partial charge on any atom is 0.153 e. The predicted octanol–water partition coefficient (Wildman–Crippen LogP) is 0.361. The Morgan fingerprint density at radius 2 is 2.19 bits per heavy atom. The average Bonchev–Trinajstić information content (AvgIpc) is 2.40. The smallest absolute Gasteiger partial charge is 0.153 e. The van der Waals surface area contributed by atoms with E-state index < -0.39 is 15.4 Å². The van der Waals surface area contributed by atoms with E-state index in [9.17, 15) is 13.5 Å². The number of hydrogen-bond donors (Lipinski definition) is 2. The van der Waals surface area contributed by atoms with Gasteiger partial charge in [-0.25, -0.2) is 8.42 Å². The van der Waals surface area contributed by atoms with Crippen LogP contribution in [0.5, 0.6) is 0 Å². The van der Waals surface area contributed by atoms with E-state index in [1.165, 1.54) is 0 Å². The Morgan fingerprint density at radius 3 is 2.75 bits per heavy atom. The third-order valence-corrected chi connectivity index (χ3v) is 4.65. The minimum absolute atomic E-state index is 0.0752. The Hall–Kier alpha value is -1.07. The molecule has 1 fully saturated rings. The summed E-state index contributed by atoms with van der Waals surface area (Å²) in [6, 6.07) is 7.18. The molecule has 0 aliphatic carbocycles. The first-order chi connectivity index (χ1) is 7.39. The number of nitrogen functional groups attached to an aromatic ring is 1. The lowest BCUT2D eigenvalue weighted by Crippen LogP contribution is -2.32. The fourth-order valence-corrected chi connectivity index (χ4v) is 4.02. The van der Waals surface area contributed by atoms with Crippen LogP contribution in [-0.4, -0.2) is 30.6 Å². The molecule has 0 radical (unpaired) electrons. The van der Waals surface area contributed by atoms with E-state index in [4.69, 9.17) is 5.73 Å². The van der Waals surface area contributed by atoms with Gasteiger partial charge in [-0.1, -0.05) is 12.1 Å². The first-order valence-electron chi connectivity index (χ1n) is 5.16. The summed E-state index contributed by atoms with van der Waals surface area (Å²) in [6.45, 7) is 0. The van der Waals surface area contributed by atoms with Crippen LogP contribution >= 0.6 is 0 Å². The molecule has 1 heterocycles. The largest absolute Gasteiger partial charge is 0.399 e. The Bertz CT molecular complexity index is 498. The van der Waals surface area contributed by atoms with Gasteiger partial charge in [0.15, 0.2) is 9.84 Å². The monoisotopic (exact) mass is 241 g/mol. The number of rotatable bonds is 2. The molecule has 1 unspecified atom stereocenters. The van der Waals surface area contributed by atoms with Gasteiger partial charge < -0.3 is 10.8 Å². The van der Waals surface area contributed by atoms with Crippen LogP contribution in [0.1, 0.15) is 12.0 Å². The van der Waals surface area contributed by atoms with Gasteiger partial charge in [0.05, 0.1) is 17.1 Å². The molecule has 1 aliphatic rings. The zero-order valence-corrected chi connectivity index (χ0v) is 9.70. The Balaban J connectivity index is 2.16. The first-order valence-corrected chi connectivity index (χ1v) is 6.98. The van der Waals surface area contributed by atoms with Gasteiger partial charge in [0.1, 0.15) is 0 Å². The normalized spacial score (nSPS) is 28.1. The van der Waals surface area contributed by atoms with Crippen molar-refractivity contribution in [3.05, 3.63) is 29.8 Å². The van der Waals surface area contributed by atoms with E-state index >= 15 is 0 Å². The van der Waals surface area contributed by atoms with Crippen molar-refractivity contribution in [2.24, 2.45) is 0 Å². The molecule has 0 aromatic heterocycles. The molecule has 4 nitrogen and oxygen atoms in total. The zero-order valence-electron chi connectivity index (χ0n) is 8.89. The Morgan fingerprint density at radius 1 is 1.44 bits per heavy atom. The predicted molar refractivity (Wildman–Crippen MR) is 62.8 cm³/mol. The van der Waals surface area contributed by atoms with Gasteiger partial charge in [-0.15, -0.1) is 0 Å².